The Morgan fingerprint density at radius 2 is 1.74 bits per heavy atom. The van der Waals surface area contributed by atoms with E-state index in [-0.39, 0.29) is 0 Å². The van der Waals surface area contributed by atoms with Gasteiger partial charge >= 0.3 is 0 Å². The van der Waals surface area contributed by atoms with Crippen molar-refractivity contribution in [1.82, 2.24) is 5.32 Å². The molecule has 0 aromatic heterocycles. The molecule has 0 radical (unpaired) electrons. The molecule has 3 heteroatoms. The molecule has 0 fully saturated rings. The molecule has 2 aromatic rings. The minimum atomic E-state index is 0.563. The van der Waals surface area contributed by atoms with E-state index in [1.54, 1.807) is 7.11 Å². The summed E-state index contributed by atoms with van der Waals surface area (Å²) in [6, 6.07) is 16.0. The normalized spacial score (nSPS) is 10.2. The lowest BCUT2D eigenvalue weighted by atomic mass is 10.2. The van der Waals surface area contributed by atoms with Crippen LogP contribution in [0.2, 0.25) is 0 Å². The van der Waals surface area contributed by atoms with E-state index in [4.69, 9.17) is 9.47 Å². The summed E-state index contributed by atoms with van der Waals surface area (Å²) in [7, 11) is 3.60. The maximum atomic E-state index is 5.78. The molecule has 0 bridgehead atoms. The summed E-state index contributed by atoms with van der Waals surface area (Å²) >= 11 is 0. The summed E-state index contributed by atoms with van der Waals surface area (Å²) in [5.74, 6) is 1.75. The molecule has 0 aliphatic heterocycles. The molecule has 2 aromatic carbocycles. The highest BCUT2D eigenvalue weighted by atomic mass is 16.5. The third-order valence-electron chi connectivity index (χ3n) is 2.84. The van der Waals surface area contributed by atoms with Crippen molar-refractivity contribution < 1.29 is 9.47 Å². The van der Waals surface area contributed by atoms with Crippen molar-refractivity contribution >= 4 is 0 Å². The monoisotopic (exact) mass is 257 g/mol. The lowest BCUT2D eigenvalue weighted by Crippen LogP contribution is -2.05. The highest BCUT2D eigenvalue weighted by Gasteiger charge is 1.98. The maximum absolute atomic E-state index is 5.78. The van der Waals surface area contributed by atoms with Crippen LogP contribution >= 0.6 is 0 Å². The minimum Gasteiger partial charge on any atom is -0.497 e. The van der Waals surface area contributed by atoms with E-state index in [9.17, 15) is 0 Å². The second kappa shape index (κ2) is 6.81. The highest BCUT2D eigenvalue weighted by molar-refractivity contribution is 5.30. The summed E-state index contributed by atoms with van der Waals surface area (Å²) in [6.45, 7) is 1.41. The Bertz CT molecular complexity index is 508. The van der Waals surface area contributed by atoms with Crippen LogP contribution in [-0.2, 0) is 13.2 Å². The molecule has 0 saturated carbocycles. The van der Waals surface area contributed by atoms with Crippen molar-refractivity contribution in [2.45, 2.75) is 13.2 Å². The van der Waals surface area contributed by atoms with E-state index in [0.717, 1.165) is 23.6 Å². The smallest absolute Gasteiger partial charge is 0.120 e. The van der Waals surface area contributed by atoms with E-state index in [1.165, 1.54) is 5.56 Å². The van der Waals surface area contributed by atoms with Gasteiger partial charge in [0.15, 0.2) is 0 Å². The molecule has 100 valence electrons. The van der Waals surface area contributed by atoms with Crippen molar-refractivity contribution in [3.63, 3.8) is 0 Å². The summed E-state index contributed by atoms with van der Waals surface area (Å²) in [5.41, 5.74) is 2.34. The van der Waals surface area contributed by atoms with E-state index < -0.39 is 0 Å². The number of ether oxygens (including phenoxy) is 2. The summed E-state index contributed by atoms with van der Waals surface area (Å²) in [5, 5.41) is 3.13. The van der Waals surface area contributed by atoms with E-state index in [2.05, 4.69) is 17.4 Å². The number of methoxy groups -OCH3 is 1. The fourth-order valence-corrected chi connectivity index (χ4v) is 1.84. The second-order valence-electron chi connectivity index (χ2n) is 4.31. The first-order chi connectivity index (χ1) is 9.31. The van der Waals surface area contributed by atoms with E-state index >= 15 is 0 Å². The van der Waals surface area contributed by atoms with Crippen molar-refractivity contribution in [1.29, 1.82) is 0 Å². The van der Waals surface area contributed by atoms with Gasteiger partial charge in [0.1, 0.15) is 18.1 Å². The fourth-order valence-electron chi connectivity index (χ4n) is 1.84. The zero-order valence-corrected chi connectivity index (χ0v) is 11.3. The summed E-state index contributed by atoms with van der Waals surface area (Å²) < 4.78 is 10.9. The van der Waals surface area contributed by atoms with Crippen LogP contribution in [0.5, 0.6) is 11.5 Å². The van der Waals surface area contributed by atoms with Gasteiger partial charge in [-0.2, -0.15) is 0 Å². The van der Waals surface area contributed by atoms with E-state index in [1.807, 2.05) is 43.4 Å². The number of rotatable bonds is 6. The molecule has 0 aliphatic rings. The highest BCUT2D eigenvalue weighted by Crippen LogP contribution is 2.16. The van der Waals surface area contributed by atoms with Crippen LogP contribution < -0.4 is 14.8 Å². The van der Waals surface area contributed by atoms with Gasteiger partial charge in [-0.15, -0.1) is 0 Å². The zero-order valence-electron chi connectivity index (χ0n) is 11.3. The standard InChI is InChI=1S/C16H19NO2/c1-17-11-14-4-3-5-16(10-14)19-12-13-6-8-15(18-2)9-7-13/h3-10,17H,11-12H2,1-2H3. The van der Waals surface area contributed by atoms with Gasteiger partial charge in [-0.25, -0.2) is 0 Å². The van der Waals surface area contributed by atoms with Crippen molar-refractivity contribution in [3.8, 4) is 11.5 Å². The largest absolute Gasteiger partial charge is 0.497 e. The Hall–Kier alpha value is -2.00. The average molecular weight is 257 g/mol. The third-order valence-corrected chi connectivity index (χ3v) is 2.84. The lowest BCUT2D eigenvalue weighted by molar-refractivity contribution is 0.305. The molecule has 0 spiro atoms. The van der Waals surface area contributed by atoms with Gasteiger partial charge in [0.05, 0.1) is 7.11 Å². The molecule has 0 atom stereocenters. The topological polar surface area (TPSA) is 30.5 Å². The minimum absolute atomic E-state index is 0.563. The molecular formula is C16H19NO2. The molecule has 0 amide bonds. The molecular weight excluding hydrogens is 238 g/mol. The molecule has 0 unspecified atom stereocenters. The van der Waals surface area contributed by atoms with Gasteiger partial charge in [0.2, 0.25) is 0 Å². The first-order valence-corrected chi connectivity index (χ1v) is 6.31. The van der Waals surface area contributed by atoms with Crippen molar-refractivity contribution in [2.75, 3.05) is 14.2 Å². The lowest BCUT2D eigenvalue weighted by Gasteiger charge is -2.08. The molecule has 0 heterocycles. The van der Waals surface area contributed by atoms with Crippen molar-refractivity contribution in [3.05, 3.63) is 59.7 Å². The van der Waals surface area contributed by atoms with Gasteiger partial charge in [-0.3, -0.25) is 0 Å². The van der Waals surface area contributed by atoms with Crippen molar-refractivity contribution in [2.24, 2.45) is 0 Å². The van der Waals surface area contributed by atoms with Crippen LogP contribution in [-0.4, -0.2) is 14.2 Å². The number of hydrogen-bond acceptors (Lipinski definition) is 3. The Balaban J connectivity index is 1.95. The van der Waals surface area contributed by atoms with Crippen LogP contribution in [0.3, 0.4) is 0 Å². The van der Waals surface area contributed by atoms with Gasteiger partial charge in [-0.1, -0.05) is 24.3 Å². The first kappa shape index (κ1) is 13.4. The Morgan fingerprint density at radius 3 is 2.42 bits per heavy atom. The maximum Gasteiger partial charge on any atom is 0.120 e. The van der Waals surface area contributed by atoms with Crippen LogP contribution in [0.25, 0.3) is 0 Å². The molecule has 0 saturated heterocycles. The third kappa shape index (κ3) is 4.00. The average Bonchev–Trinajstić information content (AvgIpc) is 2.46. The van der Waals surface area contributed by atoms with Gasteiger partial charge in [-0.05, 0) is 42.4 Å². The van der Waals surface area contributed by atoms with Crippen LogP contribution in [0, 0.1) is 0 Å². The first-order valence-electron chi connectivity index (χ1n) is 6.31. The number of benzene rings is 2. The predicted octanol–water partition coefficient (Wildman–Crippen LogP) is 2.99. The Kier molecular flexibility index (Phi) is 4.81. The summed E-state index contributed by atoms with van der Waals surface area (Å²) in [6.07, 6.45) is 0. The SMILES string of the molecule is CNCc1cccc(OCc2ccc(OC)cc2)c1. The Morgan fingerprint density at radius 1 is 0.947 bits per heavy atom. The van der Waals surface area contributed by atoms with Gasteiger partial charge in [0, 0.05) is 6.54 Å². The molecule has 1 N–H and O–H groups in total. The fraction of sp³-hybridized carbons (Fsp3) is 0.250. The van der Waals surface area contributed by atoms with Gasteiger partial charge in [0.25, 0.3) is 0 Å². The van der Waals surface area contributed by atoms with Crippen LogP contribution in [0.4, 0.5) is 0 Å². The van der Waals surface area contributed by atoms with Crippen LogP contribution in [0.15, 0.2) is 48.5 Å². The molecule has 2 rings (SSSR count). The summed E-state index contributed by atoms with van der Waals surface area (Å²) in [4.78, 5) is 0. The number of hydrogen-bond donors (Lipinski definition) is 1. The zero-order chi connectivity index (χ0) is 13.5. The quantitative estimate of drug-likeness (QED) is 0.863. The second-order valence-corrected chi connectivity index (χ2v) is 4.31. The van der Waals surface area contributed by atoms with Crippen LogP contribution in [0.1, 0.15) is 11.1 Å². The van der Waals surface area contributed by atoms with E-state index in [0.29, 0.717) is 6.61 Å². The number of nitrogens with one attached hydrogen (secondary N) is 1. The molecule has 0 aliphatic carbocycles. The Labute approximate surface area is 114 Å². The predicted molar refractivity (Wildman–Crippen MR) is 76.5 cm³/mol. The molecule has 19 heavy (non-hydrogen) atoms. The molecule has 3 nitrogen and oxygen atoms in total. The van der Waals surface area contributed by atoms with Gasteiger partial charge < -0.3 is 14.8 Å².